The van der Waals surface area contributed by atoms with Gasteiger partial charge in [0, 0.05) is 19.1 Å². The minimum absolute atomic E-state index is 0.402. The van der Waals surface area contributed by atoms with Gasteiger partial charge in [-0.1, -0.05) is 13.3 Å². The number of piperidine rings is 1. The molecule has 0 bridgehead atoms. The highest BCUT2D eigenvalue weighted by Gasteiger charge is 2.36. The van der Waals surface area contributed by atoms with Gasteiger partial charge < -0.3 is 15.0 Å². The molecule has 1 aromatic rings. The number of hydrogen-bond acceptors (Lipinski definition) is 6. The van der Waals surface area contributed by atoms with Crippen LogP contribution in [0.5, 0.6) is 6.01 Å². The van der Waals surface area contributed by atoms with Gasteiger partial charge in [0.15, 0.2) is 0 Å². The number of nitrogens with one attached hydrogen (secondary N) is 1. The van der Waals surface area contributed by atoms with E-state index in [0.29, 0.717) is 18.0 Å². The summed E-state index contributed by atoms with van der Waals surface area (Å²) in [6.07, 6.45) is 7.56. The van der Waals surface area contributed by atoms with E-state index < -0.39 is 0 Å². The average Bonchev–Trinajstić information content (AvgIpc) is 3.01. The zero-order valence-corrected chi connectivity index (χ0v) is 13.0. The van der Waals surface area contributed by atoms with Crippen molar-refractivity contribution in [2.24, 2.45) is 5.92 Å². The molecule has 0 amide bonds. The lowest BCUT2D eigenvalue weighted by molar-refractivity contribution is 0.351. The largest absolute Gasteiger partial charge is 0.467 e. The van der Waals surface area contributed by atoms with Crippen molar-refractivity contribution in [1.29, 1.82) is 0 Å². The molecule has 6 nitrogen and oxygen atoms in total. The molecule has 1 saturated carbocycles. The third kappa shape index (κ3) is 3.04. The molecule has 21 heavy (non-hydrogen) atoms. The Bertz CT molecular complexity index is 481. The third-order valence-electron chi connectivity index (χ3n) is 4.57. The first kappa shape index (κ1) is 14.4. The van der Waals surface area contributed by atoms with Gasteiger partial charge in [0.05, 0.1) is 7.11 Å². The Balaban J connectivity index is 1.85. The van der Waals surface area contributed by atoms with Gasteiger partial charge in [-0.15, -0.1) is 0 Å². The first-order valence-corrected chi connectivity index (χ1v) is 8.12. The van der Waals surface area contributed by atoms with Gasteiger partial charge in [-0.05, 0) is 38.0 Å². The SMILES string of the molecule is CCCNc1nc(OC)nc(N2CCCC3CCCC32)n1. The van der Waals surface area contributed by atoms with Gasteiger partial charge >= 0.3 is 6.01 Å². The van der Waals surface area contributed by atoms with Gasteiger partial charge in [0.25, 0.3) is 0 Å². The Kier molecular flexibility index (Phi) is 4.41. The van der Waals surface area contributed by atoms with Gasteiger partial charge in [0.1, 0.15) is 0 Å². The van der Waals surface area contributed by atoms with Crippen LogP contribution in [0.25, 0.3) is 0 Å². The third-order valence-corrected chi connectivity index (χ3v) is 4.57. The fourth-order valence-corrected chi connectivity index (χ4v) is 3.58. The number of aromatic nitrogens is 3. The van der Waals surface area contributed by atoms with Gasteiger partial charge in [-0.3, -0.25) is 0 Å². The number of fused-ring (bicyclic) bond motifs is 1. The summed E-state index contributed by atoms with van der Waals surface area (Å²) < 4.78 is 5.25. The molecule has 2 atom stereocenters. The summed E-state index contributed by atoms with van der Waals surface area (Å²) >= 11 is 0. The molecule has 2 unspecified atom stereocenters. The van der Waals surface area contributed by atoms with E-state index in [-0.39, 0.29) is 0 Å². The fourth-order valence-electron chi connectivity index (χ4n) is 3.58. The van der Waals surface area contributed by atoms with Crippen LogP contribution < -0.4 is 15.0 Å². The molecule has 6 heteroatoms. The second-order valence-electron chi connectivity index (χ2n) is 5.97. The minimum Gasteiger partial charge on any atom is -0.467 e. The van der Waals surface area contributed by atoms with Crippen molar-refractivity contribution < 1.29 is 4.74 Å². The van der Waals surface area contributed by atoms with Crippen molar-refractivity contribution in [1.82, 2.24) is 15.0 Å². The van der Waals surface area contributed by atoms with Crippen molar-refractivity contribution in [3.05, 3.63) is 0 Å². The zero-order chi connectivity index (χ0) is 14.7. The Labute approximate surface area is 126 Å². The Morgan fingerprint density at radius 1 is 1.19 bits per heavy atom. The Hall–Kier alpha value is -1.59. The molecule has 1 saturated heterocycles. The van der Waals surface area contributed by atoms with Gasteiger partial charge in [-0.2, -0.15) is 15.0 Å². The van der Waals surface area contributed by atoms with E-state index in [0.717, 1.165) is 31.4 Å². The van der Waals surface area contributed by atoms with Crippen LogP contribution >= 0.6 is 0 Å². The van der Waals surface area contributed by atoms with E-state index in [2.05, 4.69) is 32.1 Å². The summed E-state index contributed by atoms with van der Waals surface area (Å²) in [4.78, 5) is 15.8. The normalized spacial score (nSPS) is 24.8. The maximum atomic E-state index is 5.25. The van der Waals surface area contributed by atoms with Crippen LogP contribution in [0.2, 0.25) is 0 Å². The van der Waals surface area contributed by atoms with E-state index >= 15 is 0 Å². The summed E-state index contributed by atoms with van der Waals surface area (Å²) in [7, 11) is 1.61. The molecular weight excluding hydrogens is 266 g/mol. The van der Waals surface area contributed by atoms with Gasteiger partial charge in [0.2, 0.25) is 11.9 Å². The van der Waals surface area contributed by atoms with E-state index in [4.69, 9.17) is 4.74 Å². The molecule has 0 spiro atoms. The van der Waals surface area contributed by atoms with Crippen LogP contribution in [0.4, 0.5) is 11.9 Å². The van der Waals surface area contributed by atoms with Crippen molar-refractivity contribution in [2.45, 2.75) is 51.5 Å². The van der Waals surface area contributed by atoms with Crippen LogP contribution in [0, 0.1) is 5.92 Å². The molecule has 116 valence electrons. The number of rotatable bonds is 5. The first-order chi connectivity index (χ1) is 10.3. The molecule has 2 heterocycles. The summed E-state index contributed by atoms with van der Waals surface area (Å²) in [5.74, 6) is 2.21. The lowest BCUT2D eigenvalue weighted by atomic mass is 9.92. The van der Waals surface area contributed by atoms with E-state index in [1.54, 1.807) is 7.11 Å². The maximum Gasteiger partial charge on any atom is 0.322 e. The quantitative estimate of drug-likeness (QED) is 0.899. The number of methoxy groups -OCH3 is 1. The summed E-state index contributed by atoms with van der Waals surface area (Å²) in [6, 6.07) is 1.00. The second-order valence-corrected chi connectivity index (χ2v) is 5.97. The van der Waals surface area contributed by atoms with Crippen LogP contribution in [0.3, 0.4) is 0 Å². The van der Waals surface area contributed by atoms with Crippen LogP contribution in [-0.2, 0) is 0 Å². The standard InChI is InChI=1S/C15H25N5O/c1-3-9-16-13-17-14(19-15(18-13)21-2)20-10-5-7-11-6-4-8-12(11)20/h11-12H,3-10H2,1-2H3,(H,16,17,18,19). The molecule has 0 aromatic carbocycles. The monoisotopic (exact) mass is 291 g/mol. The molecule has 1 aromatic heterocycles. The first-order valence-electron chi connectivity index (χ1n) is 8.12. The molecule has 2 fully saturated rings. The molecule has 1 N–H and O–H groups in total. The topological polar surface area (TPSA) is 63.2 Å². The predicted molar refractivity (Wildman–Crippen MR) is 82.9 cm³/mol. The molecule has 3 rings (SSSR count). The molecule has 0 radical (unpaired) electrons. The zero-order valence-electron chi connectivity index (χ0n) is 13.0. The average molecular weight is 291 g/mol. The summed E-state index contributed by atoms with van der Waals surface area (Å²) in [6.45, 7) is 4.03. The summed E-state index contributed by atoms with van der Waals surface area (Å²) in [5.41, 5.74) is 0. The lowest BCUT2D eigenvalue weighted by Gasteiger charge is -2.37. The number of anilines is 2. The number of hydrogen-bond donors (Lipinski definition) is 1. The molecule has 1 aliphatic carbocycles. The minimum atomic E-state index is 0.402. The lowest BCUT2D eigenvalue weighted by Crippen LogP contribution is -2.43. The number of ether oxygens (including phenoxy) is 1. The van der Waals surface area contributed by atoms with Crippen LogP contribution in [0.15, 0.2) is 0 Å². The molecule has 1 aliphatic heterocycles. The molecule has 2 aliphatic rings. The van der Waals surface area contributed by atoms with Crippen molar-refractivity contribution in [3.8, 4) is 6.01 Å². The predicted octanol–water partition coefficient (Wildman–Crippen LogP) is 2.47. The van der Waals surface area contributed by atoms with E-state index in [1.165, 1.54) is 32.1 Å². The van der Waals surface area contributed by atoms with Crippen molar-refractivity contribution in [3.63, 3.8) is 0 Å². The molecular formula is C15H25N5O. The van der Waals surface area contributed by atoms with Gasteiger partial charge in [-0.25, -0.2) is 0 Å². The Morgan fingerprint density at radius 3 is 2.86 bits per heavy atom. The van der Waals surface area contributed by atoms with Crippen LogP contribution in [0.1, 0.15) is 45.4 Å². The van der Waals surface area contributed by atoms with E-state index in [1.807, 2.05) is 0 Å². The highest BCUT2D eigenvalue weighted by atomic mass is 16.5. The Morgan fingerprint density at radius 2 is 2.05 bits per heavy atom. The number of nitrogens with zero attached hydrogens (tertiary/aromatic N) is 4. The highest BCUT2D eigenvalue weighted by Crippen LogP contribution is 2.38. The van der Waals surface area contributed by atoms with Crippen molar-refractivity contribution in [2.75, 3.05) is 30.4 Å². The van der Waals surface area contributed by atoms with Crippen LogP contribution in [-0.4, -0.2) is 41.2 Å². The maximum absolute atomic E-state index is 5.25. The highest BCUT2D eigenvalue weighted by molar-refractivity contribution is 5.40. The van der Waals surface area contributed by atoms with E-state index in [9.17, 15) is 0 Å². The fraction of sp³-hybridized carbons (Fsp3) is 0.800. The summed E-state index contributed by atoms with van der Waals surface area (Å²) in [5, 5.41) is 3.24. The smallest absolute Gasteiger partial charge is 0.322 e. The second kappa shape index (κ2) is 6.45. The van der Waals surface area contributed by atoms with Crippen molar-refractivity contribution >= 4 is 11.9 Å².